The second kappa shape index (κ2) is 9.32. The fourth-order valence-corrected chi connectivity index (χ4v) is 3.16. The largest absolute Gasteiger partial charge is 0.462 e. The molecule has 0 aliphatic carbocycles. The van der Waals surface area contributed by atoms with Gasteiger partial charge in [-0.15, -0.1) is 0 Å². The van der Waals surface area contributed by atoms with Crippen LogP contribution in [0.25, 0.3) is 11.1 Å². The molecule has 0 spiro atoms. The quantitative estimate of drug-likeness (QED) is 0.571. The van der Waals surface area contributed by atoms with Crippen LogP contribution in [0.5, 0.6) is 5.75 Å². The summed E-state index contributed by atoms with van der Waals surface area (Å²) in [6.45, 7) is 1.69. The van der Waals surface area contributed by atoms with Gasteiger partial charge < -0.3 is 30.1 Å². The Hall–Kier alpha value is -2.52. The van der Waals surface area contributed by atoms with Crippen molar-refractivity contribution in [1.29, 1.82) is 0 Å². The monoisotopic (exact) mass is 405 g/mol. The molecule has 0 saturated carbocycles. The number of aliphatic hydroxyl groups excluding tert-OH is 3. The van der Waals surface area contributed by atoms with Crippen molar-refractivity contribution in [2.45, 2.75) is 37.9 Å². The van der Waals surface area contributed by atoms with Gasteiger partial charge in [-0.3, -0.25) is 4.79 Å². The van der Waals surface area contributed by atoms with Gasteiger partial charge in [0.25, 0.3) is 0 Å². The van der Waals surface area contributed by atoms with Crippen molar-refractivity contribution in [2.24, 2.45) is 0 Å². The van der Waals surface area contributed by atoms with Gasteiger partial charge in [-0.1, -0.05) is 18.2 Å². The Labute approximate surface area is 167 Å². The molecule has 2 aromatic carbocycles. The molecular weight excluding hydrogens is 381 g/mol. The summed E-state index contributed by atoms with van der Waals surface area (Å²) in [5.74, 6) is -0.175. The molecule has 156 valence electrons. The Kier molecular flexibility index (Phi) is 6.81. The van der Waals surface area contributed by atoms with Gasteiger partial charge in [-0.05, 0) is 47.4 Å². The molecule has 4 N–H and O–H groups in total. The zero-order chi connectivity index (χ0) is 21.0. The SMILES string of the molecule is CC(=O)NCCc1ccc(OC2OC[C@H](O)[C@@H](O)[C@@H]2O)cc1-c1cccc(F)c1. The van der Waals surface area contributed by atoms with Crippen LogP contribution in [-0.4, -0.2) is 59.0 Å². The fourth-order valence-electron chi connectivity index (χ4n) is 3.16. The molecule has 0 bridgehead atoms. The van der Waals surface area contributed by atoms with Crippen LogP contribution in [0, 0.1) is 5.82 Å². The highest BCUT2D eigenvalue weighted by molar-refractivity contribution is 5.73. The maximum absolute atomic E-state index is 13.8. The van der Waals surface area contributed by atoms with E-state index in [0.29, 0.717) is 29.8 Å². The van der Waals surface area contributed by atoms with Gasteiger partial charge in [0.05, 0.1) is 6.61 Å². The second-order valence-electron chi connectivity index (χ2n) is 6.93. The number of rotatable bonds is 6. The molecule has 1 fully saturated rings. The predicted octanol–water partition coefficient (Wildman–Crippen LogP) is 0.989. The molecule has 1 aliphatic heterocycles. The normalized spacial score (nSPS) is 24.2. The molecule has 1 heterocycles. The van der Waals surface area contributed by atoms with E-state index in [0.717, 1.165) is 5.56 Å². The van der Waals surface area contributed by atoms with Gasteiger partial charge >= 0.3 is 0 Å². The van der Waals surface area contributed by atoms with Gasteiger partial charge in [0.15, 0.2) is 0 Å². The Morgan fingerprint density at radius 1 is 1.21 bits per heavy atom. The van der Waals surface area contributed by atoms with Crippen LogP contribution in [0.1, 0.15) is 12.5 Å². The lowest BCUT2D eigenvalue weighted by atomic mass is 9.97. The molecule has 4 atom stereocenters. The van der Waals surface area contributed by atoms with Crippen molar-refractivity contribution in [1.82, 2.24) is 5.32 Å². The number of benzene rings is 2. The van der Waals surface area contributed by atoms with E-state index in [2.05, 4.69) is 5.32 Å². The van der Waals surface area contributed by atoms with Crippen LogP contribution in [0.15, 0.2) is 42.5 Å². The summed E-state index contributed by atoms with van der Waals surface area (Å²) < 4.78 is 24.7. The summed E-state index contributed by atoms with van der Waals surface area (Å²) in [5, 5.41) is 32.2. The number of carbonyl (C=O) groups excluding carboxylic acids is 1. The highest BCUT2D eigenvalue weighted by Gasteiger charge is 2.39. The molecule has 29 heavy (non-hydrogen) atoms. The highest BCUT2D eigenvalue weighted by Crippen LogP contribution is 2.30. The maximum Gasteiger partial charge on any atom is 0.228 e. The Bertz CT molecular complexity index is 861. The van der Waals surface area contributed by atoms with Gasteiger partial charge in [0.1, 0.15) is 29.9 Å². The third-order valence-electron chi connectivity index (χ3n) is 4.69. The van der Waals surface area contributed by atoms with E-state index < -0.39 is 24.6 Å². The van der Waals surface area contributed by atoms with Crippen molar-refractivity contribution >= 4 is 5.91 Å². The molecule has 1 unspecified atom stereocenters. The molecular formula is C21H24FNO6. The van der Waals surface area contributed by atoms with Crippen molar-refractivity contribution in [2.75, 3.05) is 13.2 Å². The topological polar surface area (TPSA) is 108 Å². The first-order valence-corrected chi connectivity index (χ1v) is 9.31. The van der Waals surface area contributed by atoms with Crippen molar-refractivity contribution in [3.8, 4) is 16.9 Å². The second-order valence-corrected chi connectivity index (χ2v) is 6.93. The van der Waals surface area contributed by atoms with Crippen molar-refractivity contribution < 1.29 is 34.0 Å². The molecule has 0 aromatic heterocycles. The van der Waals surface area contributed by atoms with E-state index in [1.54, 1.807) is 30.3 Å². The lowest BCUT2D eigenvalue weighted by molar-refractivity contribution is -0.242. The molecule has 3 rings (SSSR count). The zero-order valence-corrected chi connectivity index (χ0v) is 15.9. The summed E-state index contributed by atoms with van der Waals surface area (Å²) in [5.41, 5.74) is 2.21. The molecule has 1 saturated heterocycles. The first-order chi connectivity index (χ1) is 13.8. The third-order valence-corrected chi connectivity index (χ3v) is 4.69. The van der Waals surface area contributed by atoms with E-state index in [4.69, 9.17) is 9.47 Å². The Morgan fingerprint density at radius 2 is 2.00 bits per heavy atom. The summed E-state index contributed by atoms with van der Waals surface area (Å²) >= 11 is 0. The van der Waals surface area contributed by atoms with E-state index in [-0.39, 0.29) is 18.3 Å². The van der Waals surface area contributed by atoms with Crippen LogP contribution in [0.4, 0.5) is 4.39 Å². The summed E-state index contributed by atoms with van der Waals surface area (Å²) in [4.78, 5) is 11.1. The van der Waals surface area contributed by atoms with E-state index in [1.165, 1.54) is 19.1 Å². The standard InChI is InChI=1S/C21H24FNO6/c1-12(24)23-8-7-13-5-6-16(10-17(13)14-3-2-4-15(22)9-14)29-21-20(27)19(26)18(25)11-28-21/h2-6,9-10,18-21,25-27H,7-8,11H2,1H3,(H,23,24)/t18-,19+,20-,21?/m0/s1. The van der Waals surface area contributed by atoms with E-state index in [1.807, 2.05) is 0 Å². The van der Waals surface area contributed by atoms with E-state index >= 15 is 0 Å². The number of carbonyl (C=O) groups is 1. The Morgan fingerprint density at radius 3 is 2.72 bits per heavy atom. The molecule has 8 heteroatoms. The highest BCUT2D eigenvalue weighted by atomic mass is 19.1. The Balaban J connectivity index is 1.85. The van der Waals surface area contributed by atoms with Crippen LogP contribution >= 0.6 is 0 Å². The number of hydrogen-bond donors (Lipinski definition) is 4. The minimum absolute atomic E-state index is 0.138. The number of ether oxygens (including phenoxy) is 2. The van der Waals surface area contributed by atoms with Gasteiger partial charge in [0.2, 0.25) is 12.2 Å². The predicted molar refractivity (Wildman–Crippen MR) is 103 cm³/mol. The molecule has 7 nitrogen and oxygen atoms in total. The first kappa shape index (κ1) is 21.2. The molecule has 0 radical (unpaired) electrons. The average Bonchev–Trinajstić information content (AvgIpc) is 2.69. The minimum atomic E-state index is -1.42. The number of nitrogens with one attached hydrogen (secondary N) is 1. The minimum Gasteiger partial charge on any atom is -0.462 e. The summed E-state index contributed by atoms with van der Waals surface area (Å²) in [6.07, 6.45) is -4.62. The molecule has 1 amide bonds. The van der Waals surface area contributed by atoms with Gasteiger partial charge in [0, 0.05) is 13.5 Å². The lowest BCUT2D eigenvalue weighted by Gasteiger charge is -2.35. The maximum atomic E-state index is 13.8. The average molecular weight is 405 g/mol. The first-order valence-electron chi connectivity index (χ1n) is 9.31. The zero-order valence-electron chi connectivity index (χ0n) is 15.9. The third kappa shape index (κ3) is 5.30. The van der Waals surface area contributed by atoms with Gasteiger partial charge in [-0.2, -0.15) is 0 Å². The summed E-state index contributed by atoms with van der Waals surface area (Å²) in [6, 6.07) is 11.2. The van der Waals surface area contributed by atoms with Crippen LogP contribution in [0.2, 0.25) is 0 Å². The summed E-state index contributed by atoms with van der Waals surface area (Å²) in [7, 11) is 0. The molecule has 2 aromatic rings. The number of aliphatic hydroxyl groups is 3. The molecule has 1 aliphatic rings. The van der Waals surface area contributed by atoms with Crippen LogP contribution < -0.4 is 10.1 Å². The van der Waals surface area contributed by atoms with Crippen molar-refractivity contribution in [3.05, 3.63) is 53.8 Å². The van der Waals surface area contributed by atoms with Crippen molar-refractivity contribution in [3.63, 3.8) is 0 Å². The van der Waals surface area contributed by atoms with Crippen LogP contribution in [-0.2, 0) is 16.0 Å². The lowest BCUT2D eigenvalue weighted by Crippen LogP contribution is -2.54. The fraction of sp³-hybridized carbons (Fsp3) is 0.381. The number of hydrogen-bond acceptors (Lipinski definition) is 6. The smallest absolute Gasteiger partial charge is 0.228 e. The number of halogens is 1. The van der Waals surface area contributed by atoms with E-state index in [9.17, 15) is 24.5 Å². The van der Waals surface area contributed by atoms with Crippen LogP contribution in [0.3, 0.4) is 0 Å². The number of amides is 1. The van der Waals surface area contributed by atoms with Gasteiger partial charge in [-0.25, -0.2) is 4.39 Å².